The molecule has 0 aliphatic carbocycles. The monoisotopic (exact) mass is 530 g/mol. The summed E-state index contributed by atoms with van der Waals surface area (Å²) in [6, 6.07) is 23.4. The fourth-order valence-electron chi connectivity index (χ4n) is 4.58. The van der Waals surface area contributed by atoms with E-state index < -0.39 is 0 Å². The Balaban J connectivity index is 1.46. The second-order valence-corrected chi connectivity index (χ2v) is 9.75. The maximum Gasteiger partial charge on any atom is 0.241 e. The van der Waals surface area contributed by atoms with Gasteiger partial charge in [-0.15, -0.1) is 0 Å². The molecule has 3 aromatic carbocycles. The van der Waals surface area contributed by atoms with Crippen LogP contribution in [0.25, 0.3) is 11.1 Å². The van der Waals surface area contributed by atoms with Crippen molar-refractivity contribution in [1.82, 2.24) is 4.90 Å². The summed E-state index contributed by atoms with van der Waals surface area (Å²) in [5.74, 6) is -0.120. The van der Waals surface area contributed by atoms with Gasteiger partial charge in [0.2, 0.25) is 5.91 Å². The normalized spacial score (nSPS) is 14.6. The van der Waals surface area contributed by atoms with E-state index >= 15 is 0 Å². The molecule has 1 heterocycles. The highest BCUT2D eigenvalue weighted by Crippen LogP contribution is 2.23. The quantitative estimate of drug-likeness (QED) is 0.248. The molecule has 1 N–H and O–H groups in total. The van der Waals surface area contributed by atoms with Crippen molar-refractivity contribution in [2.24, 2.45) is 0 Å². The average Bonchev–Trinajstić information content (AvgIpc) is 2.98. The molecule has 0 aromatic heterocycles. The maximum atomic E-state index is 13.3. The third-order valence-electron chi connectivity index (χ3n) is 6.98. The Morgan fingerprint density at radius 2 is 1.67 bits per heavy atom. The summed E-state index contributed by atoms with van der Waals surface area (Å²) in [5.41, 5.74) is 5.19. The highest BCUT2D eigenvalue weighted by Gasteiger charge is 2.24. The van der Waals surface area contributed by atoms with Gasteiger partial charge in [0.05, 0.1) is 25.9 Å². The minimum atomic E-state index is -0.313. The fraction of sp³-hybridized carbons (Fsp3) is 0.375. The first-order valence-electron chi connectivity index (χ1n) is 13.5. The van der Waals surface area contributed by atoms with Crippen LogP contribution in [0.1, 0.15) is 34.8 Å². The summed E-state index contributed by atoms with van der Waals surface area (Å²) in [6.07, 6.45) is 1.06. The zero-order valence-corrected chi connectivity index (χ0v) is 22.9. The van der Waals surface area contributed by atoms with E-state index in [1.54, 1.807) is 13.2 Å². The summed E-state index contributed by atoms with van der Waals surface area (Å²) in [4.78, 5) is 28.5. The average molecular weight is 531 g/mol. The molecule has 1 unspecified atom stereocenters. The van der Waals surface area contributed by atoms with Gasteiger partial charge in [-0.1, -0.05) is 66.7 Å². The first-order chi connectivity index (χ1) is 19.0. The van der Waals surface area contributed by atoms with Gasteiger partial charge in [0.15, 0.2) is 5.78 Å². The Morgan fingerprint density at radius 3 is 2.38 bits per heavy atom. The van der Waals surface area contributed by atoms with Gasteiger partial charge in [0.1, 0.15) is 0 Å². The number of benzene rings is 3. The van der Waals surface area contributed by atoms with Gasteiger partial charge in [0.25, 0.3) is 0 Å². The summed E-state index contributed by atoms with van der Waals surface area (Å²) in [6.45, 7) is 6.07. The van der Waals surface area contributed by atoms with E-state index in [1.807, 2.05) is 61.5 Å². The molecule has 206 valence electrons. The van der Waals surface area contributed by atoms with Gasteiger partial charge in [0, 0.05) is 56.6 Å². The number of carbonyl (C=O) groups excluding carboxylic acids is 2. The van der Waals surface area contributed by atoms with Crippen molar-refractivity contribution >= 4 is 17.4 Å². The van der Waals surface area contributed by atoms with E-state index in [4.69, 9.17) is 14.2 Å². The molecule has 1 aliphatic rings. The Kier molecular flexibility index (Phi) is 10.8. The molecular weight excluding hydrogens is 492 g/mol. The Hall–Kier alpha value is -3.36. The van der Waals surface area contributed by atoms with Gasteiger partial charge < -0.3 is 19.5 Å². The lowest BCUT2D eigenvalue weighted by atomic mass is 9.98. The highest BCUT2D eigenvalue weighted by molar-refractivity contribution is 6.01. The van der Waals surface area contributed by atoms with Crippen LogP contribution < -0.4 is 5.32 Å². The zero-order chi connectivity index (χ0) is 27.5. The second-order valence-electron chi connectivity index (χ2n) is 9.75. The van der Waals surface area contributed by atoms with Crippen LogP contribution >= 0.6 is 0 Å². The number of morpholine rings is 1. The van der Waals surface area contributed by atoms with E-state index in [9.17, 15) is 9.59 Å². The lowest BCUT2D eigenvalue weighted by molar-refractivity contribution is -0.122. The van der Waals surface area contributed by atoms with Crippen LogP contribution in [-0.4, -0.2) is 69.3 Å². The Morgan fingerprint density at radius 1 is 0.949 bits per heavy atom. The number of hydrogen-bond donors (Lipinski definition) is 1. The molecule has 1 aliphatic heterocycles. The molecule has 1 amide bonds. The summed E-state index contributed by atoms with van der Waals surface area (Å²) in [5, 5.41) is 3.07. The van der Waals surface area contributed by atoms with Gasteiger partial charge in [-0.3, -0.25) is 14.5 Å². The molecular formula is C32H38N2O5. The van der Waals surface area contributed by atoms with Gasteiger partial charge >= 0.3 is 0 Å². The highest BCUT2D eigenvalue weighted by atomic mass is 16.5. The van der Waals surface area contributed by atoms with Crippen molar-refractivity contribution in [2.45, 2.75) is 32.4 Å². The third kappa shape index (κ3) is 8.31. The van der Waals surface area contributed by atoms with Crippen molar-refractivity contribution in [2.75, 3.05) is 51.9 Å². The molecule has 0 saturated carbocycles. The van der Waals surface area contributed by atoms with Crippen molar-refractivity contribution in [3.05, 3.63) is 89.5 Å². The number of nitrogens with one attached hydrogen (secondary N) is 1. The SMILES string of the molecule is COCCCOCc1ccc(C(=O)Cc2ccc(-c3ccccc3)cc2)cc1NC(=O)C(C)N1CCOCC1. The molecule has 0 radical (unpaired) electrons. The van der Waals surface area contributed by atoms with E-state index in [2.05, 4.69) is 22.3 Å². The smallest absolute Gasteiger partial charge is 0.241 e. The van der Waals surface area contributed by atoms with Crippen LogP contribution in [-0.2, 0) is 32.0 Å². The van der Waals surface area contributed by atoms with Gasteiger partial charge in [-0.2, -0.15) is 0 Å². The fourth-order valence-corrected chi connectivity index (χ4v) is 4.58. The van der Waals surface area contributed by atoms with Crippen molar-refractivity contribution < 1.29 is 23.8 Å². The third-order valence-corrected chi connectivity index (χ3v) is 6.98. The zero-order valence-electron chi connectivity index (χ0n) is 22.9. The topological polar surface area (TPSA) is 77.1 Å². The van der Waals surface area contributed by atoms with E-state index in [0.717, 1.165) is 28.7 Å². The van der Waals surface area contributed by atoms with Crippen LogP contribution in [0.4, 0.5) is 5.69 Å². The molecule has 0 spiro atoms. The molecule has 1 fully saturated rings. The number of anilines is 1. The number of methoxy groups -OCH3 is 1. The van der Waals surface area contributed by atoms with Crippen molar-refractivity contribution in [3.63, 3.8) is 0 Å². The first-order valence-corrected chi connectivity index (χ1v) is 13.5. The minimum absolute atomic E-state index is 0.00764. The molecule has 4 rings (SSSR count). The minimum Gasteiger partial charge on any atom is -0.385 e. The van der Waals surface area contributed by atoms with Gasteiger partial charge in [-0.25, -0.2) is 0 Å². The molecule has 0 bridgehead atoms. The maximum absolute atomic E-state index is 13.3. The van der Waals surface area contributed by atoms with E-state index in [0.29, 0.717) is 57.4 Å². The molecule has 39 heavy (non-hydrogen) atoms. The summed E-state index contributed by atoms with van der Waals surface area (Å²) >= 11 is 0. The number of carbonyl (C=O) groups is 2. The lowest BCUT2D eigenvalue weighted by Crippen LogP contribution is -2.47. The predicted molar refractivity (Wildman–Crippen MR) is 153 cm³/mol. The molecule has 7 nitrogen and oxygen atoms in total. The first kappa shape index (κ1) is 28.6. The molecule has 7 heteroatoms. The number of Topliss-reactive ketones (excluding diaryl/α,β-unsaturated/α-hetero) is 1. The van der Waals surface area contributed by atoms with Crippen LogP contribution in [0.5, 0.6) is 0 Å². The lowest BCUT2D eigenvalue weighted by Gasteiger charge is -2.31. The second kappa shape index (κ2) is 14.7. The van der Waals surface area contributed by atoms with Crippen LogP contribution in [0.2, 0.25) is 0 Å². The summed E-state index contributed by atoms with van der Waals surface area (Å²) in [7, 11) is 1.66. The number of nitrogens with zero attached hydrogens (tertiary/aromatic N) is 1. The molecule has 1 atom stereocenters. The van der Waals surface area contributed by atoms with Crippen LogP contribution in [0, 0.1) is 0 Å². The van der Waals surface area contributed by atoms with Crippen LogP contribution in [0.15, 0.2) is 72.8 Å². The number of ether oxygens (including phenoxy) is 3. The molecule has 1 saturated heterocycles. The van der Waals surface area contributed by atoms with Crippen LogP contribution in [0.3, 0.4) is 0 Å². The van der Waals surface area contributed by atoms with E-state index in [-0.39, 0.29) is 24.2 Å². The largest absolute Gasteiger partial charge is 0.385 e. The predicted octanol–water partition coefficient (Wildman–Crippen LogP) is 4.99. The van der Waals surface area contributed by atoms with Crippen molar-refractivity contribution in [3.8, 4) is 11.1 Å². The number of hydrogen-bond acceptors (Lipinski definition) is 6. The Labute approximate surface area is 231 Å². The standard InChI is InChI=1S/C32H38N2O5/c1-24(34-15-19-38-20-16-34)32(36)33-30-22-28(13-14-29(30)23-39-18-6-17-37-2)31(35)21-25-9-11-27(12-10-25)26-7-4-3-5-8-26/h3-5,7-14,22,24H,6,15-21,23H2,1-2H3,(H,33,36). The van der Waals surface area contributed by atoms with Gasteiger partial charge in [-0.05, 0) is 36.1 Å². The van der Waals surface area contributed by atoms with E-state index in [1.165, 1.54) is 0 Å². The number of amides is 1. The summed E-state index contributed by atoms with van der Waals surface area (Å²) < 4.78 is 16.3. The molecule has 3 aromatic rings. The number of rotatable bonds is 13. The number of ketones is 1. The van der Waals surface area contributed by atoms with Crippen molar-refractivity contribution in [1.29, 1.82) is 0 Å². The Bertz CT molecular complexity index is 1210.